The van der Waals surface area contributed by atoms with Gasteiger partial charge in [0.1, 0.15) is 11.3 Å². The van der Waals surface area contributed by atoms with E-state index < -0.39 is 0 Å². The van der Waals surface area contributed by atoms with E-state index >= 15 is 0 Å². The van der Waals surface area contributed by atoms with Gasteiger partial charge in [-0.25, -0.2) is 24.9 Å². The number of hydrogen-bond donors (Lipinski definition) is 0. The first-order valence-corrected chi connectivity index (χ1v) is 18.4. The predicted octanol–water partition coefficient (Wildman–Crippen LogP) is 11.8. The summed E-state index contributed by atoms with van der Waals surface area (Å²) in [4.78, 5) is 25.1. The van der Waals surface area contributed by atoms with E-state index in [-0.39, 0.29) is 5.92 Å². The van der Waals surface area contributed by atoms with Crippen LogP contribution in [0.5, 0.6) is 0 Å². The standard InChI is InChI=1S/C49H33N5O/c1-4-14-32(15-5-1)46-50-42(31-43(51-46)38-26-27-41-40-24-10-11-25-44(40)55-45(41)30-38)37-22-12-20-35(28-37)36-21-13-23-39(29-36)49-53-47(33-16-6-2-7-17-33)52-48(54-49)34-18-8-3-9-19-34/h1-29,31,38H,30H2. The monoisotopic (exact) mass is 707 g/mol. The van der Waals surface area contributed by atoms with Crippen molar-refractivity contribution in [2.45, 2.75) is 12.3 Å². The third-order valence-corrected chi connectivity index (χ3v) is 10.1. The zero-order valence-corrected chi connectivity index (χ0v) is 29.7. The van der Waals surface area contributed by atoms with Crippen LogP contribution in [0.2, 0.25) is 0 Å². The Labute approximate surface area is 318 Å². The van der Waals surface area contributed by atoms with E-state index in [2.05, 4.69) is 91.0 Å². The molecule has 0 bridgehead atoms. The van der Waals surface area contributed by atoms with Crippen LogP contribution in [-0.2, 0) is 6.42 Å². The Bertz CT molecular complexity index is 2790. The van der Waals surface area contributed by atoms with Crippen molar-refractivity contribution in [3.05, 3.63) is 193 Å². The van der Waals surface area contributed by atoms with Crippen LogP contribution in [0.3, 0.4) is 0 Å². The van der Waals surface area contributed by atoms with Crippen LogP contribution in [0.4, 0.5) is 0 Å². The first-order chi connectivity index (χ1) is 27.2. The molecule has 0 aliphatic heterocycles. The summed E-state index contributed by atoms with van der Waals surface area (Å²) < 4.78 is 6.33. The van der Waals surface area contributed by atoms with E-state index in [0.29, 0.717) is 23.3 Å². The fraction of sp³-hybridized carbons (Fsp3) is 0.0408. The minimum Gasteiger partial charge on any atom is -0.460 e. The summed E-state index contributed by atoms with van der Waals surface area (Å²) in [6, 6.07) is 57.6. The number of benzene rings is 6. The van der Waals surface area contributed by atoms with Gasteiger partial charge in [0, 0.05) is 51.1 Å². The lowest BCUT2D eigenvalue weighted by atomic mass is 9.90. The number of fused-ring (bicyclic) bond motifs is 3. The number of nitrogens with zero attached hydrogens (tertiary/aromatic N) is 5. The van der Waals surface area contributed by atoms with Crippen molar-refractivity contribution in [2.24, 2.45) is 0 Å². The van der Waals surface area contributed by atoms with Crippen LogP contribution in [0, 0.1) is 0 Å². The Morgan fingerprint density at radius 1 is 0.418 bits per heavy atom. The zero-order valence-electron chi connectivity index (χ0n) is 29.7. The molecular formula is C49H33N5O. The third kappa shape index (κ3) is 6.40. The molecule has 3 aromatic heterocycles. The van der Waals surface area contributed by atoms with E-state index in [9.17, 15) is 0 Å². The highest BCUT2D eigenvalue weighted by molar-refractivity contribution is 5.89. The molecular weight excluding hydrogens is 675 g/mol. The fourth-order valence-corrected chi connectivity index (χ4v) is 7.29. The van der Waals surface area contributed by atoms with E-state index in [0.717, 1.165) is 79.0 Å². The maximum atomic E-state index is 6.33. The molecule has 1 atom stereocenters. The van der Waals surface area contributed by atoms with Crippen molar-refractivity contribution in [1.29, 1.82) is 0 Å². The molecule has 6 aromatic carbocycles. The molecule has 0 amide bonds. The van der Waals surface area contributed by atoms with Gasteiger partial charge < -0.3 is 4.42 Å². The van der Waals surface area contributed by atoms with Gasteiger partial charge in [-0.2, -0.15) is 0 Å². The van der Waals surface area contributed by atoms with Crippen LogP contribution < -0.4 is 0 Å². The highest BCUT2D eigenvalue weighted by Gasteiger charge is 2.24. The van der Waals surface area contributed by atoms with Gasteiger partial charge in [0.25, 0.3) is 0 Å². The summed E-state index contributed by atoms with van der Waals surface area (Å²) in [6.07, 6.45) is 5.17. The topological polar surface area (TPSA) is 77.6 Å². The quantitative estimate of drug-likeness (QED) is 0.164. The van der Waals surface area contributed by atoms with Crippen molar-refractivity contribution in [2.75, 3.05) is 0 Å². The summed E-state index contributed by atoms with van der Waals surface area (Å²) in [5.74, 6) is 3.61. The van der Waals surface area contributed by atoms with Gasteiger partial charge >= 0.3 is 0 Å². The van der Waals surface area contributed by atoms with E-state index in [1.165, 1.54) is 0 Å². The lowest BCUT2D eigenvalue weighted by Crippen LogP contribution is -2.08. The lowest BCUT2D eigenvalue weighted by molar-refractivity contribution is 0.530. The number of allylic oxidation sites excluding steroid dienone is 1. The van der Waals surface area contributed by atoms with Crippen molar-refractivity contribution >= 4 is 17.0 Å². The smallest absolute Gasteiger partial charge is 0.164 e. The molecule has 0 radical (unpaired) electrons. The SMILES string of the molecule is C1=CC(c2cc(-c3cccc(-c4cccc(-c5nc(-c6ccccc6)nc(-c6ccccc6)n5)c4)c3)nc(-c3ccccc3)n2)Cc2oc3ccccc3c21. The summed E-state index contributed by atoms with van der Waals surface area (Å²) >= 11 is 0. The van der Waals surface area contributed by atoms with Crippen LogP contribution in [-0.4, -0.2) is 24.9 Å². The molecule has 0 saturated carbocycles. The minimum absolute atomic E-state index is 0.0408. The van der Waals surface area contributed by atoms with Crippen LogP contribution in [0.15, 0.2) is 180 Å². The van der Waals surface area contributed by atoms with Crippen LogP contribution in [0.25, 0.3) is 85.0 Å². The first kappa shape index (κ1) is 32.3. The van der Waals surface area contributed by atoms with Gasteiger partial charge in [0.2, 0.25) is 0 Å². The number of aromatic nitrogens is 5. The van der Waals surface area contributed by atoms with Gasteiger partial charge in [-0.05, 0) is 35.4 Å². The molecule has 1 aliphatic rings. The maximum Gasteiger partial charge on any atom is 0.164 e. The second-order valence-electron chi connectivity index (χ2n) is 13.7. The molecule has 0 fully saturated rings. The van der Waals surface area contributed by atoms with E-state index in [1.54, 1.807) is 0 Å². The van der Waals surface area contributed by atoms with Gasteiger partial charge in [0.05, 0.1) is 11.4 Å². The number of hydrogen-bond acceptors (Lipinski definition) is 6. The van der Waals surface area contributed by atoms with Crippen LogP contribution >= 0.6 is 0 Å². The fourth-order valence-electron chi connectivity index (χ4n) is 7.29. The lowest BCUT2D eigenvalue weighted by Gasteiger charge is -2.18. The Balaban J connectivity index is 1.03. The molecule has 6 heteroatoms. The van der Waals surface area contributed by atoms with Gasteiger partial charge in [-0.1, -0.05) is 158 Å². The molecule has 6 nitrogen and oxygen atoms in total. The minimum atomic E-state index is 0.0408. The molecule has 55 heavy (non-hydrogen) atoms. The van der Waals surface area contributed by atoms with E-state index in [4.69, 9.17) is 29.3 Å². The normalized spacial score (nSPS) is 13.5. The molecule has 1 unspecified atom stereocenters. The molecule has 3 heterocycles. The van der Waals surface area contributed by atoms with Crippen LogP contribution in [0.1, 0.15) is 22.9 Å². The number of furan rings is 1. The highest BCUT2D eigenvalue weighted by atomic mass is 16.3. The van der Waals surface area contributed by atoms with E-state index in [1.807, 2.05) is 91.0 Å². The van der Waals surface area contributed by atoms with Crippen molar-refractivity contribution in [1.82, 2.24) is 24.9 Å². The van der Waals surface area contributed by atoms with Gasteiger partial charge in [-0.15, -0.1) is 0 Å². The predicted molar refractivity (Wildman–Crippen MR) is 220 cm³/mol. The summed E-state index contributed by atoms with van der Waals surface area (Å²) in [5.41, 5.74) is 10.8. The Hall–Kier alpha value is -7.31. The maximum absolute atomic E-state index is 6.33. The molecule has 0 spiro atoms. The number of para-hydroxylation sites is 1. The van der Waals surface area contributed by atoms with Crippen molar-refractivity contribution in [3.63, 3.8) is 0 Å². The van der Waals surface area contributed by atoms with Crippen molar-refractivity contribution in [3.8, 4) is 67.9 Å². The first-order valence-electron chi connectivity index (χ1n) is 18.4. The molecule has 260 valence electrons. The number of rotatable bonds is 7. The average molecular weight is 708 g/mol. The molecule has 1 aliphatic carbocycles. The molecule has 9 aromatic rings. The second kappa shape index (κ2) is 13.9. The summed E-state index contributed by atoms with van der Waals surface area (Å²) in [7, 11) is 0. The molecule has 0 saturated heterocycles. The highest BCUT2D eigenvalue weighted by Crippen LogP contribution is 2.38. The zero-order chi connectivity index (χ0) is 36.6. The van der Waals surface area contributed by atoms with Crippen molar-refractivity contribution < 1.29 is 4.42 Å². The molecule has 10 rings (SSSR count). The summed E-state index contributed by atoms with van der Waals surface area (Å²) in [6.45, 7) is 0. The molecule has 0 N–H and O–H groups in total. The Morgan fingerprint density at radius 2 is 0.909 bits per heavy atom. The Morgan fingerprint density at radius 3 is 1.55 bits per heavy atom. The largest absolute Gasteiger partial charge is 0.460 e. The second-order valence-corrected chi connectivity index (χ2v) is 13.7. The summed E-state index contributed by atoms with van der Waals surface area (Å²) in [5, 5.41) is 1.14. The van der Waals surface area contributed by atoms with Gasteiger partial charge in [-0.3, -0.25) is 0 Å². The third-order valence-electron chi connectivity index (χ3n) is 10.1. The Kier molecular flexibility index (Phi) is 8.18. The average Bonchev–Trinajstić information content (AvgIpc) is 3.65. The van der Waals surface area contributed by atoms with Gasteiger partial charge in [0.15, 0.2) is 23.3 Å².